The maximum Gasteiger partial charge on any atom is 0.114 e. The molecule has 0 atom stereocenters. The number of hydrogen-bond donors (Lipinski definition) is 0. The Kier molecular flexibility index (Phi) is 4.76. The molecule has 0 unspecified atom stereocenters. The SMILES string of the molecule is [2H]C([2H])([2H])C([2H])([2H])c1nc2ccccc2n1-c1ccc2cc(-c3c4ccccc4c(-c4ccc5ccccc5c4)c4ccccc34)ccc2c1. The van der Waals surface area contributed by atoms with Crippen molar-refractivity contribution >= 4 is 54.1 Å². The van der Waals surface area contributed by atoms with Crippen LogP contribution >= 0.6 is 0 Å². The third-order valence-corrected chi connectivity index (χ3v) is 9.01. The largest absolute Gasteiger partial charge is 0.296 e. The predicted octanol–water partition coefficient (Wildman–Crippen LogP) is 11.5. The van der Waals surface area contributed by atoms with E-state index in [2.05, 4.69) is 114 Å². The Morgan fingerprint density at radius 1 is 0.533 bits per heavy atom. The summed E-state index contributed by atoms with van der Waals surface area (Å²) in [6.07, 6.45) is -2.66. The molecule has 2 nitrogen and oxygen atoms in total. The van der Waals surface area contributed by atoms with Crippen LogP contribution < -0.4 is 0 Å². The summed E-state index contributed by atoms with van der Waals surface area (Å²) in [7, 11) is 0. The zero-order valence-corrected chi connectivity index (χ0v) is 24.3. The van der Waals surface area contributed by atoms with Crippen molar-refractivity contribution in [3.05, 3.63) is 157 Å². The van der Waals surface area contributed by atoms with Crippen molar-refractivity contribution in [2.75, 3.05) is 0 Å². The smallest absolute Gasteiger partial charge is 0.114 e. The minimum Gasteiger partial charge on any atom is -0.296 e. The van der Waals surface area contributed by atoms with Crippen LogP contribution in [0.5, 0.6) is 0 Å². The van der Waals surface area contributed by atoms with E-state index in [-0.39, 0.29) is 5.82 Å². The number of rotatable bonds is 4. The molecule has 2 heteroatoms. The van der Waals surface area contributed by atoms with Crippen molar-refractivity contribution in [1.82, 2.24) is 9.55 Å². The van der Waals surface area contributed by atoms with E-state index in [1.165, 1.54) is 49.0 Å². The van der Waals surface area contributed by atoms with Crippen molar-refractivity contribution in [3.8, 4) is 27.9 Å². The van der Waals surface area contributed by atoms with Crippen LogP contribution in [-0.2, 0) is 6.37 Å². The molecular formula is C43H30N2. The number of aryl methyl sites for hydroxylation is 1. The standard InChI is InChI=1S/C43H30N2/c1-2-41-44-39-17-9-10-18-40(39)45(41)34-24-23-30-26-33(22-20-31(30)27-34)43-37-15-7-5-13-35(37)42(36-14-6-8-16-38(36)43)32-21-19-28-11-3-4-12-29(28)25-32/h3-27H,2H2,1H3/i1D3,2D2. The number of imidazole rings is 1. The second kappa shape index (κ2) is 10.2. The van der Waals surface area contributed by atoms with Crippen LogP contribution in [-0.4, -0.2) is 9.55 Å². The monoisotopic (exact) mass is 579 g/mol. The second-order valence-electron chi connectivity index (χ2n) is 11.5. The first-order chi connectivity index (χ1) is 24.2. The van der Waals surface area contributed by atoms with E-state index >= 15 is 0 Å². The Balaban J connectivity index is 1.23. The molecule has 0 aliphatic carbocycles. The highest BCUT2D eigenvalue weighted by Gasteiger charge is 2.17. The molecule has 1 heterocycles. The molecule has 45 heavy (non-hydrogen) atoms. The van der Waals surface area contributed by atoms with E-state index in [0.29, 0.717) is 16.7 Å². The zero-order chi connectivity index (χ0) is 34.2. The van der Waals surface area contributed by atoms with E-state index in [1.54, 1.807) is 10.6 Å². The highest BCUT2D eigenvalue weighted by atomic mass is 15.1. The van der Waals surface area contributed by atoms with Gasteiger partial charge in [0, 0.05) is 18.9 Å². The fraction of sp³-hybridized carbons (Fsp3) is 0.0465. The third-order valence-electron chi connectivity index (χ3n) is 9.01. The number of para-hydroxylation sites is 2. The fourth-order valence-electron chi connectivity index (χ4n) is 6.99. The number of benzene rings is 8. The maximum absolute atomic E-state index is 8.59. The van der Waals surface area contributed by atoms with Gasteiger partial charge in [-0.1, -0.05) is 122 Å². The Bertz CT molecular complexity index is 2740. The Hall–Kier alpha value is -5.73. The Morgan fingerprint density at radius 3 is 1.71 bits per heavy atom. The first-order valence-corrected chi connectivity index (χ1v) is 15.1. The topological polar surface area (TPSA) is 17.8 Å². The van der Waals surface area contributed by atoms with Crippen LogP contribution in [0, 0.1) is 0 Å². The van der Waals surface area contributed by atoms with Gasteiger partial charge in [0.1, 0.15) is 5.82 Å². The minimum atomic E-state index is -2.90. The van der Waals surface area contributed by atoms with E-state index in [4.69, 9.17) is 6.85 Å². The number of aromatic nitrogens is 2. The molecule has 0 radical (unpaired) electrons. The third kappa shape index (κ3) is 4.07. The molecule has 1 aromatic heterocycles. The summed E-state index contributed by atoms with van der Waals surface area (Å²) in [6.45, 7) is -2.90. The molecule has 0 bridgehead atoms. The summed E-state index contributed by atoms with van der Waals surface area (Å²) >= 11 is 0. The van der Waals surface area contributed by atoms with Crippen molar-refractivity contribution in [2.24, 2.45) is 0 Å². The fourth-order valence-corrected chi connectivity index (χ4v) is 6.99. The molecular weight excluding hydrogens is 544 g/mol. The Morgan fingerprint density at radius 2 is 1.04 bits per heavy atom. The summed E-state index contributed by atoms with van der Waals surface area (Å²) in [5.74, 6) is -0.140. The molecule has 0 aliphatic heterocycles. The van der Waals surface area contributed by atoms with Gasteiger partial charge in [-0.25, -0.2) is 4.98 Å². The lowest BCUT2D eigenvalue weighted by Crippen LogP contribution is -2.00. The van der Waals surface area contributed by atoms with Crippen LogP contribution in [0.4, 0.5) is 0 Å². The highest BCUT2D eigenvalue weighted by Crippen LogP contribution is 2.44. The first-order valence-electron chi connectivity index (χ1n) is 17.6. The van der Waals surface area contributed by atoms with Crippen molar-refractivity contribution in [2.45, 2.75) is 13.2 Å². The molecule has 9 aromatic rings. The number of hydrogen-bond acceptors (Lipinski definition) is 1. The Labute approximate surface area is 268 Å². The van der Waals surface area contributed by atoms with Crippen LogP contribution in [0.15, 0.2) is 152 Å². The highest BCUT2D eigenvalue weighted by molar-refractivity contribution is 6.22. The molecule has 0 saturated heterocycles. The lowest BCUT2D eigenvalue weighted by atomic mass is 9.85. The van der Waals surface area contributed by atoms with Gasteiger partial charge in [0.25, 0.3) is 0 Å². The summed E-state index contributed by atoms with van der Waals surface area (Å²) < 4.78 is 42.7. The van der Waals surface area contributed by atoms with Crippen LogP contribution in [0.2, 0.25) is 0 Å². The van der Waals surface area contributed by atoms with Gasteiger partial charge < -0.3 is 0 Å². The summed E-state index contributed by atoms with van der Waals surface area (Å²) in [6, 6.07) is 52.1. The molecule has 9 rings (SSSR count). The number of fused-ring (bicyclic) bond motifs is 5. The normalized spacial score (nSPS) is 14.0. The van der Waals surface area contributed by atoms with Crippen LogP contribution in [0.25, 0.3) is 82.1 Å². The van der Waals surface area contributed by atoms with Crippen molar-refractivity contribution in [1.29, 1.82) is 0 Å². The van der Waals surface area contributed by atoms with Gasteiger partial charge in [0.15, 0.2) is 0 Å². The zero-order valence-electron chi connectivity index (χ0n) is 29.3. The van der Waals surface area contributed by atoms with Gasteiger partial charge in [-0.3, -0.25) is 4.57 Å². The molecule has 0 aliphatic rings. The second-order valence-corrected chi connectivity index (χ2v) is 11.5. The number of nitrogens with zero attached hydrogens (tertiary/aromatic N) is 2. The molecule has 0 fully saturated rings. The van der Waals surface area contributed by atoms with E-state index < -0.39 is 13.2 Å². The lowest BCUT2D eigenvalue weighted by Gasteiger charge is -2.18. The van der Waals surface area contributed by atoms with Gasteiger partial charge in [-0.2, -0.15) is 0 Å². The average Bonchev–Trinajstić information content (AvgIpc) is 3.53. The molecule has 0 amide bonds. The van der Waals surface area contributed by atoms with Crippen molar-refractivity contribution < 1.29 is 6.85 Å². The van der Waals surface area contributed by atoms with Crippen molar-refractivity contribution in [3.63, 3.8) is 0 Å². The quantitative estimate of drug-likeness (QED) is 0.190. The predicted molar refractivity (Wildman–Crippen MR) is 191 cm³/mol. The van der Waals surface area contributed by atoms with E-state index in [1.807, 2.05) is 36.4 Å². The van der Waals surface area contributed by atoms with Gasteiger partial charge in [0.05, 0.1) is 11.0 Å². The molecule has 0 N–H and O–H groups in total. The molecule has 0 spiro atoms. The molecule has 8 aromatic carbocycles. The molecule has 212 valence electrons. The van der Waals surface area contributed by atoms with Crippen LogP contribution in [0.3, 0.4) is 0 Å². The lowest BCUT2D eigenvalue weighted by molar-refractivity contribution is 0.909. The first kappa shape index (κ1) is 21.1. The van der Waals surface area contributed by atoms with Gasteiger partial charge in [-0.15, -0.1) is 0 Å². The summed E-state index contributed by atoms with van der Waals surface area (Å²) in [4.78, 5) is 4.49. The maximum atomic E-state index is 8.59. The van der Waals surface area contributed by atoms with E-state index in [0.717, 1.165) is 16.3 Å². The average molecular weight is 580 g/mol. The molecule has 0 saturated carbocycles. The van der Waals surface area contributed by atoms with Gasteiger partial charge >= 0.3 is 0 Å². The van der Waals surface area contributed by atoms with E-state index in [9.17, 15) is 0 Å². The van der Waals surface area contributed by atoms with Crippen LogP contribution in [0.1, 0.15) is 19.5 Å². The minimum absolute atomic E-state index is 0.140. The van der Waals surface area contributed by atoms with Gasteiger partial charge in [-0.05, 0) is 102 Å². The summed E-state index contributed by atoms with van der Waals surface area (Å²) in [5.41, 5.74) is 6.50. The summed E-state index contributed by atoms with van der Waals surface area (Å²) in [5, 5.41) is 9.12. The van der Waals surface area contributed by atoms with Gasteiger partial charge in [0.2, 0.25) is 0 Å².